The summed E-state index contributed by atoms with van der Waals surface area (Å²) in [5.41, 5.74) is 0.233. The smallest absolute Gasteiger partial charge is 0.256 e. The summed E-state index contributed by atoms with van der Waals surface area (Å²) < 4.78 is 32.6. The van der Waals surface area contributed by atoms with Crippen LogP contribution in [0.3, 0.4) is 0 Å². The van der Waals surface area contributed by atoms with Crippen molar-refractivity contribution in [3.05, 3.63) is 69.5 Å². The fraction of sp³-hybridized carbons (Fsp3) is 0.250. The Bertz CT molecular complexity index is 1050. The zero-order valence-electron chi connectivity index (χ0n) is 15.0. The molecular weight excluding hydrogens is 423 g/mol. The van der Waals surface area contributed by atoms with Crippen molar-refractivity contribution < 1.29 is 18.1 Å². The average Bonchev–Trinajstić information content (AvgIpc) is 3.19. The fourth-order valence-corrected chi connectivity index (χ4v) is 3.94. The lowest BCUT2D eigenvalue weighted by Gasteiger charge is -2.30. The van der Waals surface area contributed by atoms with E-state index in [4.69, 9.17) is 27.7 Å². The molecule has 0 radical (unpaired) electrons. The van der Waals surface area contributed by atoms with E-state index in [1.54, 1.807) is 18.2 Å². The lowest BCUT2D eigenvalue weighted by Crippen LogP contribution is -2.38. The summed E-state index contributed by atoms with van der Waals surface area (Å²) in [6.45, 7) is 0.730. The van der Waals surface area contributed by atoms with Crippen molar-refractivity contribution in [3.63, 3.8) is 0 Å². The van der Waals surface area contributed by atoms with Crippen LogP contribution in [-0.4, -0.2) is 34.0 Å². The van der Waals surface area contributed by atoms with Gasteiger partial charge in [0.15, 0.2) is 0 Å². The Morgan fingerprint density at radius 2 is 1.79 bits per heavy atom. The molecule has 0 spiro atoms. The van der Waals surface area contributed by atoms with E-state index in [2.05, 4.69) is 10.1 Å². The van der Waals surface area contributed by atoms with Crippen LogP contribution in [0, 0.1) is 11.6 Å². The second kappa shape index (κ2) is 8.08. The highest BCUT2D eigenvalue weighted by molar-refractivity contribution is 6.38. The minimum absolute atomic E-state index is 0.0566. The highest BCUT2D eigenvalue weighted by Gasteiger charge is 2.29. The number of nitrogens with zero attached hydrogens (tertiary/aromatic N) is 3. The maximum atomic E-state index is 13.9. The van der Waals surface area contributed by atoms with Gasteiger partial charge < -0.3 is 9.42 Å². The van der Waals surface area contributed by atoms with Crippen LogP contribution in [0.1, 0.15) is 35.0 Å². The summed E-state index contributed by atoms with van der Waals surface area (Å²) in [5, 5.41) is 4.82. The van der Waals surface area contributed by atoms with Gasteiger partial charge in [-0.15, -0.1) is 0 Å². The molecule has 150 valence electrons. The predicted octanol–water partition coefficient (Wildman–Crippen LogP) is 5.34. The molecule has 2 heterocycles. The summed E-state index contributed by atoms with van der Waals surface area (Å²) in [5.74, 6) is -1.25. The molecule has 0 bridgehead atoms. The molecule has 3 aromatic rings. The molecule has 1 aliphatic heterocycles. The summed E-state index contributed by atoms with van der Waals surface area (Å²) in [4.78, 5) is 18.4. The molecule has 0 atom stereocenters. The molecule has 0 aliphatic carbocycles. The van der Waals surface area contributed by atoms with Crippen molar-refractivity contribution in [1.29, 1.82) is 0 Å². The quantitative estimate of drug-likeness (QED) is 0.554. The maximum Gasteiger partial charge on any atom is 0.256 e. The van der Waals surface area contributed by atoms with Gasteiger partial charge in [0.2, 0.25) is 11.7 Å². The van der Waals surface area contributed by atoms with Crippen molar-refractivity contribution >= 4 is 29.1 Å². The lowest BCUT2D eigenvalue weighted by atomic mass is 9.96. The minimum atomic E-state index is -0.739. The van der Waals surface area contributed by atoms with Gasteiger partial charge in [-0.05, 0) is 43.2 Å². The van der Waals surface area contributed by atoms with Crippen molar-refractivity contribution in [3.8, 4) is 11.4 Å². The van der Waals surface area contributed by atoms with Gasteiger partial charge in [-0.25, -0.2) is 8.78 Å². The van der Waals surface area contributed by atoms with E-state index in [1.165, 1.54) is 4.90 Å². The Morgan fingerprint density at radius 3 is 2.48 bits per heavy atom. The molecule has 1 aromatic heterocycles. The van der Waals surface area contributed by atoms with Crippen molar-refractivity contribution in [2.75, 3.05) is 13.1 Å². The van der Waals surface area contributed by atoms with E-state index in [0.717, 1.165) is 18.2 Å². The van der Waals surface area contributed by atoms with E-state index >= 15 is 0 Å². The summed E-state index contributed by atoms with van der Waals surface area (Å²) in [6, 6.07) is 7.96. The monoisotopic (exact) mass is 437 g/mol. The number of hydrogen-bond acceptors (Lipinski definition) is 4. The van der Waals surface area contributed by atoms with E-state index in [1.807, 2.05) is 0 Å². The number of benzene rings is 2. The van der Waals surface area contributed by atoms with Gasteiger partial charge >= 0.3 is 0 Å². The molecule has 4 rings (SSSR count). The van der Waals surface area contributed by atoms with Crippen LogP contribution < -0.4 is 0 Å². The number of piperidine rings is 1. The lowest BCUT2D eigenvalue weighted by molar-refractivity contribution is 0.0699. The third-order valence-corrected chi connectivity index (χ3v) is 5.55. The van der Waals surface area contributed by atoms with E-state index in [0.29, 0.717) is 53.3 Å². The molecule has 1 aliphatic rings. The Hall–Kier alpha value is -2.51. The third-order valence-electron chi connectivity index (χ3n) is 4.92. The van der Waals surface area contributed by atoms with Crippen LogP contribution in [0.4, 0.5) is 8.78 Å². The molecule has 0 saturated carbocycles. The van der Waals surface area contributed by atoms with Crippen LogP contribution in [0.25, 0.3) is 11.4 Å². The second-order valence-corrected chi connectivity index (χ2v) is 7.56. The van der Waals surface area contributed by atoms with Crippen LogP contribution >= 0.6 is 23.2 Å². The number of halogens is 4. The van der Waals surface area contributed by atoms with E-state index in [9.17, 15) is 13.6 Å². The van der Waals surface area contributed by atoms with Crippen LogP contribution in [-0.2, 0) is 0 Å². The van der Waals surface area contributed by atoms with Gasteiger partial charge in [0.25, 0.3) is 5.91 Å². The highest BCUT2D eigenvalue weighted by atomic mass is 35.5. The predicted molar refractivity (Wildman–Crippen MR) is 104 cm³/mol. The first-order valence-electron chi connectivity index (χ1n) is 8.96. The summed E-state index contributed by atoms with van der Waals surface area (Å²) in [6.07, 6.45) is 1.11. The average molecular weight is 438 g/mol. The number of amides is 1. The minimum Gasteiger partial charge on any atom is -0.339 e. The second-order valence-electron chi connectivity index (χ2n) is 6.74. The molecule has 1 fully saturated rings. The molecule has 0 unspecified atom stereocenters. The normalized spacial score (nSPS) is 15.0. The SMILES string of the molecule is O=C(c1cc(F)ccc1F)N1CCC(c2nc(-c3c(Cl)cccc3Cl)no2)CC1. The number of rotatable bonds is 3. The Labute approximate surface area is 175 Å². The number of carbonyl (C=O) groups excluding carboxylic acids is 1. The van der Waals surface area contributed by atoms with Crippen LogP contribution in [0.5, 0.6) is 0 Å². The fourth-order valence-electron chi connectivity index (χ4n) is 3.38. The van der Waals surface area contributed by atoms with Gasteiger partial charge in [0.05, 0.1) is 21.2 Å². The first kappa shape index (κ1) is 19.8. The first-order chi connectivity index (χ1) is 13.9. The van der Waals surface area contributed by atoms with Crippen molar-refractivity contribution in [2.24, 2.45) is 0 Å². The number of hydrogen-bond donors (Lipinski definition) is 0. The molecule has 9 heteroatoms. The third kappa shape index (κ3) is 3.97. The Morgan fingerprint density at radius 1 is 1.10 bits per heavy atom. The van der Waals surface area contributed by atoms with E-state index in [-0.39, 0.29) is 11.5 Å². The van der Waals surface area contributed by atoms with Gasteiger partial charge in [-0.1, -0.05) is 34.4 Å². The maximum absolute atomic E-state index is 13.9. The topological polar surface area (TPSA) is 59.2 Å². The van der Waals surface area contributed by atoms with Gasteiger partial charge in [-0.3, -0.25) is 4.79 Å². The standard InChI is InChI=1S/C20H15Cl2F2N3O2/c21-14-2-1-3-15(22)17(14)18-25-19(29-26-18)11-6-8-27(9-7-11)20(28)13-10-12(23)4-5-16(13)24/h1-5,10-11H,6-9H2. The zero-order valence-corrected chi connectivity index (χ0v) is 16.6. The number of aromatic nitrogens is 2. The molecule has 2 aromatic carbocycles. The van der Waals surface area contributed by atoms with Crippen molar-refractivity contribution in [2.45, 2.75) is 18.8 Å². The van der Waals surface area contributed by atoms with Gasteiger partial charge in [0, 0.05) is 19.0 Å². The molecule has 1 amide bonds. The van der Waals surface area contributed by atoms with E-state index < -0.39 is 17.5 Å². The van der Waals surface area contributed by atoms with Crippen molar-refractivity contribution in [1.82, 2.24) is 15.0 Å². The summed E-state index contributed by atoms with van der Waals surface area (Å²) in [7, 11) is 0. The largest absolute Gasteiger partial charge is 0.339 e. The Kier molecular flexibility index (Phi) is 5.52. The van der Waals surface area contributed by atoms with Gasteiger partial charge in [0.1, 0.15) is 11.6 Å². The molecular formula is C20H15Cl2F2N3O2. The Balaban J connectivity index is 1.46. The molecule has 1 saturated heterocycles. The molecule has 0 N–H and O–H groups in total. The highest BCUT2D eigenvalue weighted by Crippen LogP contribution is 2.35. The molecule has 29 heavy (non-hydrogen) atoms. The first-order valence-corrected chi connectivity index (χ1v) is 9.72. The summed E-state index contributed by atoms with van der Waals surface area (Å²) >= 11 is 12.4. The van der Waals surface area contributed by atoms with Crippen LogP contribution in [0.15, 0.2) is 40.9 Å². The van der Waals surface area contributed by atoms with Crippen LogP contribution in [0.2, 0.25) is 10.0 Å². The zero-order chi connectivity index (χ0) is 20.5. The number of likely N-dealkylation sites (tertiary alicyclic amines) is 1. The van der Waals surface area contributed by atoms with Gasteiger partial charge in [-0.2, -0.15) is 4.98 Å². The molecule has 5 nitrogen and oxygen atoms in total. The number of carbonyl (C=O) groups is 1.